The number of nitrogens with one attached hydrogen (secondary N) is 1. The van der Waals surface area contributed by atoms with Gasteiger partial charge in [-0.05, 0) is 54.6 Å². The van der Waals surface area contributed by atoms with Gasteiger partial charge in [-0.15, -0.1) is 11.3 Å². The molecule has 21 heavy (non-hydrogen) atoms. The summed E-state index contributed by atoms with van der Waals surface area (Å²) in [6.45, 7) is 3.58. The lowest BCUT2D eigenvalue weighted by atomic mass is 10.0. The van der Waals surface area contributed by atoms with Gasteiger partial charge < -0.3 is 5.32 Å². The number of benzene rings is 1. The minimum Gasteiger partial charge on any atom is -0.312 e. The molecule has 1 saturated heterocycles. The SMILES string of the molecule is c1ccc2c(CN3CCCCC3CNC3CC3)csc2c1. The average Bonchev–Trinajstić information content (AvgIpc) is 3.27. The maximum Gasteiger partial charge on any atom is 0.0346 e. The maximum absolute atomic E-state index is 3.73. The summed E-state index contributed by atoms with van der Waals surface area (Å²) in [5, 5.41) is 7.56. The lowest BCUT2D eigenvalue weighted by molar-refractivity contribution is 0.138. The molecule has 2 fully saturated rings. The quantitative estimate of drug-likeness (QED) is 0.897. The van der Waals surface area contributed by atoms with Crippen LogP contribution in [0.4, 0.5) is 0 Å². The lowest BCUT2D eigenvalue weighted by Crippen LogP contribution is -2.45. The van der Waals surface area contributed by atoms with E-state index >= 15 is 0 Å². The minimum atomic E-state index is 0.734. The monoisotopic (exact) mass is 300 g/mol. The molecule has 2 heterocycles. The molecule has 2 nitrogen and oxygen atoms in total. The van der Waals surface area contributed by atoms with Crippen molar-refractivity contribution in [3.05, 3.63) is 35.2 Å². The zero-order valence-electron chi connectivity index (χ0n) is 12.6. The molecule has 0 amide bonds. The van der Waals surface area contributed by atoms with Crippen LogP contribution in [0.25, 0.3) is 10.1 Å². The molecule has 0 bridgehead atoms. The summed E-state index contributed by atoms with van der Waals surface area (Å²) < 4.78 is 1.43. The molecule has 1 N–H and O–H groups in total. The van der Waals surface area contributed by atoms with Gasteiger partial charge in [0.25, 0.3) is 0 Å². The van der Waals surface area contributed by atoms with Crippen LogP contribution in [-0.2, 0) is 6.54 Å². The van der Waals surface area contributed by atoms with E-state index in [4.69, 9.17) is 0 Å². The van der Waals surface area contributed by atoms with Crippen molar-refractivity contribution >= 4 is 21.4 Å². The first-order chi connectivity index (χ1) is 10.4. The second-order valence-electron chi connectivity index (χ2n) is 6.56. The predicted octanol–water partition coefficient (Wildman–Crippen LogP) is 4.01. The molecule has 112 valence electrons. The Morgan fingerprint density at radius 1 is 1.14 bits per heavy atom. The van der Waals surface area contributed by atoms with Crippen molar-refractivity contribution in [2.75, 3.05) is 13.1 Å². The van der Waals surface area contributed by atoms with E-state index in [2.05, 4.69) is 39.9 Å². The van der Waals surface area contributed by atoms with Gasteiger partial charge in [-0.25, -0.2) is 0 Å². The van der Waals surface area contributed by atoms with Gasteiger partial charge in [0.05, 0.1) is 0 Å². The first kappa shape index (κ1) is 13.7. The van der Waals surface area contributed by atoms with Crippen molar-refractivity contribution in [1.29, 1.82) is 0 Å². The van der Waals surface area contributed by atoms with Gasteiger partial charge in [-0.1, -0.05) is 24.6 Å². The van der Waals surface area contributed by atoms with Gasteiger partial charge in [0, 0.05) is 29.9 Å². The summed E-state index contributed by atoms with van der Waals surface area (Å²) in [6.07, 6.45) is 6.91. The van der Waals surface area contributed by atoms with E-state index in [1.807, 2.05) is 11.3 Å². The van der Waals surface area contributed by atoms with Crippen molar-refractivity contribution in [2.24, 2.45) is 0 Å². The molecule has 0 radical (unpaired) electrons. The van der Waals surface area contributed by atoms with Crippen LogP contribution in [0.5, 0.6) is 0 Å². The Hall–Kier alpha value is -0.900. The molecule has 4 rings (SSSR count). The second kappa shape index (κ2) is 6.07. The molecule has 1 atom stereocenters. The van der Waals surface area contributed by atoms with E-state index < -0.39 is 0 Å². The predicted molar refractivity (Wildman–Crippen MR) is 90.9 cm³/mol. The number of nitrogens with zero attached hydrogens (tertiary/aromatic N) is 1. The first-order valence-electron chi connectivity index (χ1n) is 8.33. The van der Waals surface area contributed by atoms with Gasteiger partial charge in [-0.3, -0.25) is 4.90 Å². The van der Waals surface area contributed by atoms with Crippen molar-refractivity contribution in [3.8, 4) is 0 Å². The van der Waals surface area contributed by atoms with Gasteiger partial charge >= 0.3 is 0 Å². The van der Waals surface area contributed by atoms with Crippen LogP contribution in [0, 0.1) is 0 Å². The Labute approximate surface area is 131 Å². The highest BCUT2D eigenvalue weighted by Gasteiger charge is 2.26. The van der Waals surface area contributed by atoms with Crippen LogP contribution in [0.1, 0.15) is 37.7 Å². The highest BCUT2D eigenvalue weighted by atomic mass is 32.1. The Morgan fingerprint density at radius 2 is 2.05 bits per heavy atom. The summed E-state index contributed by atoms with van der Waals surface area (Å²) in [4.78, 5) is 2.72. The highest BCUT2D eigenvalue weighted by molar-refractivity contribution is 7.17. The van der Waals surface area contributed by atoms with Crippen LogP contribution in [0.2, 0.25) is 0 Å². The third-order valence-corrected chi connectivity index (χ3v) is 5.92. The molecule has 3 heteroatoms. The molecule has 2 aromatic rings. The molecular weight excluding hydrogens is 276 g/mol. The summed E-state index contributed by atoms with van der Waals surface area (Å²) in [7, 11) is 0. The maximum atomic E-state index is 3.73. The Kier molecular flexibility index (Phi) is 3.97. The zero-order chi connectivity index (χ0) is 14.1. The number of hydrogen-bond donors (Lipinski definition) is 1. The molecule has 2 aliphatic rings. The van der Waals surface area contributed by atoms with Gasteiger partial charge in [0.15, 0.2) is 0 Å². The van der Waals surface area contributed by atoms with E-state index in [1.165, 1.54) is 60.8 Å². The number of thiophene rings is 1. The summed E-state index contributed by atoms with van der Waals surface area (Å²) in [6, 6.07) is 10.4. The van der Waals surface area contributed by atoms with Gasteiger partial charge in [0.2, 0.25) is 0 Å². The van der Waals surface area contributed by atoms with Crippen LogP contribution < -0.4 is 5.32 Å². The fourth-order valence-electron chi connectivity index (χ4n) is 3.46. The van der Waals surface area contributed by atoms with Gasteiger partial charge in [-0.2, -0.15) is 0 Å². The molecule has 1 saturated carbocycles. The molecule has 1 aliphatic heterocycles. The average molecular weight is 300 g/mol. The van der Waals surface area contributed by atoms with Crippen LogP contribution in [-0.4, -0.2) is 30.1 Å². The number of piperidine rings is 1. The minimum absolute atomic E-state index is 0.734. The molecule has 0 spiro atoms. The molecule has 1 aromatic carbocycles. The number of likely N-dealkylation sites (tertiary alicyclic amines) is 1. The summed E-state index contributed by atoms with van der Waals surface area (Å²) in [5.74, 6) is 0. The lowest BCUT2D eigenvalue weighted by Gasteiger charge is -2.36. The zero-order valence-corrected chi connectivity index (χ0v) is 13.4. The van der Waals surface area contributed by atoms with Crippen molar-refractivity contribution < 1.29 is 0 Å². The standard InChI is InChI=1S/C18H24N2S/c1-2-7-18-17(6-1)14(13-21-18)12-20-10-4-3-5-16(20)11-19-15-8-9-15/h1-2,6-7,13,15-16,19H,3-5,8-12H2. The van der Waals surface area contributed by atoms with Gasteiger partial charge in [0.1, 0.15) is 0 Å². The summed E-state index contributed by atoms with van der Waals surface area (Å²) in [5.41, 5.74) is 1.52. The van der Waals surface area contributed by atoms with E-state index in [-0.39, 0.29) is 0 Å². The fourth-order valence-corrected chi connectivity index (χ4v) is 4.42. The molecular formula is C18H24N2S. The third kappa shape index (κ3) is 3.15. The Morgan fingerprint density at radius 3 is 2.95 bits per heavy atom. The molecule has 1 unspecified atom stereocenters. The molecule has 1 aliphatic carbocycles. The van der Waals surface area contributed by atoms with Crippen LogP contribution in [0.15, 0.2) is 29.6 Å². The Balaban J connectivity index is 1.47. The summed E-state index contributed by atoms with van der Waals surface area (Å²) >= 11 is 1.89. The fraction of sp³-hybridized carbons (Fsp3) is 0.556. The molecule has 1 aromatic heterocycles. The van der Waals surface area contributed by atoms with E-state index in [0.29, 0.717) is 0 Å². The van der Waals surface area contributed by atoms with E-state index in [1.54, 1.807) is 0 Å². The third-order valence-electron chi connectivity index (χ3n) is 4.90. The number of hydrogen-bond acceptors (Lipinski definition) is 3. The van der Waals surface area contributed by atoms with Crippen molar-refractivity contribution in [3.63, 3.8) is 0 Å². The van der Waals surface area contributed by atoms with Crippen molar-refractivity contribution in [2.45, 2.75) is 50.7 Å². The topological polar surface area (TPSA) is 15.3 Å². The first-order valence-corrected chi connectivity index (χ1v) is 9.20. The number of rotatable bonds is 5. The Bertz CT molecular complexity index is 602. The largest absolute Gasteiger partial charge is 0.312 e. The highest BCUT2D eigenvalue weighted by Crippen LogP contribution is 2.29. The van der Waals surface area contributed by atoms with Crippen molar-refractivity contribution in [1.82, 2.24) is 10.2 Å². The van der Waals surface area contributed by atoms with E-state index in [0.717, 1.165) is 18.6 Å². The van der Waals surface area contributed by atoms with Crippen LogP contribution in [0.3, 0.4) is 0 Å². The number of fused-ring (bicyclic) bond motifs is 1. The normalized spacial score (nSPS) is 23.7. The smallest absolute Gasteiger partial charge is 0.0346 e. The van der Waals surface area contributed by atoms with Crippen LogP contribution >= 0.6 is 11.3 Å². The second-order valence-corrected chi connectivity index (χ2v) is 7.47. The van der Waals surface area contributed by atoms with E-state index in [9.17, 15) is 0 Å².